The summed E-state index contributed by atoms with van der Waals surface area (Å²) in [5, 5.41) is 16.2. The van der Waals surface area contributed by atoms with Crippen LogP contribution in [0, 0.1) is 23.7 Å². The second-order valence-electron chi connectivity index (χ2n) is 11.4. The Balaban J connectivity index is 1.76. The van der Waals surface area contributed by atoms with Crippen molar-refractivity contribution in [2.45, 2.75) is 102 Å². The molecule has 2 bridgehead atoms. The van der Waals surface area contributed by atoms with E-state index in [1.54, 1.807) is 11.9 Å². The topological polar surface area (TPSA) is 108 Å². The SMILES string of the molecule is CNC(=O)[C@H]1[C@H]2C(=O)N([C@@H](CO)CC(C)C)C(C(=O)NC3CCCCC3)C23CC(C)[C@]1(C)O3. The van der Waals surface area contributed by atoms with E-state index in [9.17, 15) is 19.5 Å². The maximum Gasteiger partial charge on any atom is 0.246 e. The molecule has 0 aromatic heterocycles. The largest absolute Gasteiger partial charge is 0.394 e. The van der Waals surface area contributed by atoms with E-state index < -0.39 is 35.1 Å². The number of rotatable bonds is 7. The van der Waals surface area contributed by atoms with Crippen LogP contribution in [0.15, 0.2) is 0 Å². The summed E-state index contributed by atoms with van der Waals surface area (Å²) in [6.07, 6.45) is 6.36. The number of hydrogen-bond acceptors (Lipinski definition) is 5. The molecule has 3 aliphatic heterocycles. The van der Waals surface area contributed by atoms with E-state index in [1.807, 2.05) is 27.7 Å². The summed E-state index contributed by atoms with van der Waals surface area (Å²) in [5.74, 6) is -1.78. The van der Waals surface area contributed by atoms with Crippen LogP contribution in [0.5, 0.6) is 0 Å². The van der Waals surface area contributed by atoms with Gasteiger partial charge in [0.25, 0.3) is 0 Å². The van der Waals surface area contributed by atoms with Crippen LogP contribution in [0.4, 0.5) is 0 Å². The molecule has 4 aliphatic rings. The van der Waals surface area contributed by atoms with E-state index in [4.69, 9.17) is 4.74 Å². The van der Waals surface area contributed by atoms with E-state index in [1.165, 1.54) is 6.42 Å². The molecule has 1 aliphatic carbocycles. The first-order valence-corrected chi connectivity index (χ1v) is 12.8. The number of hydrogen-bond donors (Lipinski definition) is 3. The van der Waals surface area contributed by atoms with Crippen LogP contribution in [0.1, 0.15) is 72.6 Å². The number of aliphatic hydroxyl groups excluding tert-OH is 1. The van der Waals surface area contributed by atoms with E-state index in [0.29, 0.717) is 12.8 Å². The van der Waals surface area contributed by atoms with E-state index >= 15 is 0 Å². The standard InChI is InChI=1S/C25H41N3O5/c1-14(2)11-17(13-29)28-20(22(31)27-16-9-7-6-8-10-16)25-12-15(3)24(4,33-25)18(21(30)26-5)19(25)23(28)32/h14-20,29H,6-13H2,1-5H3,(H,26,30)(H,27,31)/t15?,17-,18-,19+,20?,24+,25?/m1/s1. The fourth-order valence-corrected chi connectivity index (χ4v) is 7.27. The van der Waals surface area contributed by atoms with Gasteiger partial charge in [0, 0.05) is 13.1 Å². The van der Waals surface area contributed by atoms with Gasteiger partial charge in [-0.1, -0.05) is 40.0 Å². The predicted molar refractivity (Wildman–Crippen MR) is 123 cm³/mol. The molecule has 7 atom stereocenters. The molecule has 3 saturated heterocycles. The predicted octanol–water partition coefficient (Wildman–Crippen LogP) is 1.60. The van der Waals surface area contributed by atoms with Crippen molar-refractivity contribution < 1.29 is 24.2 Å². The van der Waals surface area contributed by atoms with Crippen LogP contribution in [0.3, 0.4) is 0 Å². The molecule has 186 valence electrons. The van der Waals surface area contributed by atoms with Gasteiger partial charge >= 0.3 is 0 Å². The molecule has 0 aromatic rings. The van der Waals surface area contributed by atoms with Crippen LogP contribution in [0.2, 0.25) is 0 Å². The molecule has 0 radical (unpaired) electrons. The maximum atomic E-state index is 14.0. The molecular formula is C25H41N3O5. The van der Waals surface area contributed by atoms with Gasteiger partial charge in [0.15, 0.2) is 0 Å². The van der Waals surface area contributed by atoms with Crippen LogP contribution in [-0.4, -0.2) is 70.7 Å². The second kappa shape index (κ2) is 8.84. The number of fused-ring (bicyclic) bond motifs is 1. The molecule has 3 N–H and O–H groups in total. The van der Waals surface area contributed by atoms with Gasteiger partial charge in [-0.3, -0.25) is 14.4 Å². The summed E-state index contributed by atoms with van der Waals surface area (Å²) < 4.78 is 6.68. The van der Waals surface area contributed by atoms with Gasteiger partial charge in [-0.2, -0.15) is 0 Å². The Morgan fingerprint density at radius 2 is 1.88 bits per heavy atom. The average molecular weight is 464 g/mol. The first-order valence-electron chi connectivity index (χ1n) is 12.8. The number of aliphatic hydroxyl groups is 1. The smallest absolute Gasteiger partial charge is 0.246 e. The molecule has 33 heavy (non-hydrogen) atoms. The summed E-state index contributed by atoms with van der Waals surface area (Å²) in [6.45, 7) is 7.81. The van der Waals surface area contributed by atoms with Crippen molar-refractivity contribution >= 4 is 17.7 Å². The van der Waals surface area contributed by atoms with Gasteiger partial charge in [0.1, 0.15) is 11.6 Å². The van der Waals surface area contributed by atoms with Gasteiger partial charge in [-0.15, -0.1) is 0 Å². The van der Waals surface area contributed by atoms with E-state index in [-0.39, 0.29) is 42.2 Å². The Kier molecular flexibility index (Phi) is 6.55. The number of likely N-dealkylation sites (tertiary alicyclic amines) is 1. The lowest BCUT2D eigenvalue weighted by Gasteiger charge is -2.38. The highest BCUT2D eigenvalue weighted by molar-refractivity contribution is 5.99. The monoisotopic (exact) mass is 463 g/mol. The quantitative estimate of drug-likeness (QED) is 0.532. The molecule has 4 rings (SSSR count). The molecule has 1 saturated carbocycles. The summed E-state index contributed by atoms with van der Waals surface area (Å²) >= 11 is 0. The van der Waals surface area contributed by atoms with Gasteiger partial charge < -0.3 is 25.4 Å². The molecule has 0 aromatic carbocycles. The number of carbonyl (C=O) groups excluding carboxylic acids is 3. The molecule has 3 amide bonds. The van der Waals surface area contributed by atoms with E-state index in [2.05, 4.69) is 10.6 Å². The second-order valence-corrected chi connectivity index (χ2v) is 11.4. The van der Waals surface area contributed by atoms with Gasteiger partial charge in [-0.05, 0) is 44.4 Å². The van der Waals surface area contributed by atoms with Gasteiger partial charge in [-0.25, -0.2) is 0 Å². The summed E-state index contributed by atoms with van der Waals surface area (Å²) in [6, 6.07) is -1.24. The fourth-order valence-electron chi connectivity index (χ4n) is 7.27. The Labute approximate surface area is 197 Å². The summed E-state index contributed by atoms with van der Waals surface area (Å²) in [7, 11) is 1.58. The molecule has 4 fully saturated rings. The summed E-state index contributed by atoms with van der Waals surface area (Å²) in [4.78, 5) is 42.5. The third kappa shape index (κ3) is 3.68. The zero-order chi connectivity index (χ0) is 24.1. The van der Waals surface area contributed by atoms with E-state index in [0.717, 1.165) is 25.7 Å². The molecule has 3 heterocycles. The Morgan fingerprint density at radius 3 is 2.45 bits per heavy atom. The third-order valence-corrected chi connectivity index (χ3v) is 8.83. The number of ether oxygens (including phenoxy) is 1. The van der Waals surface area contributed by atoms with Gasteiger partial charge in [0.05, 0.1) is 30.1 Å². The zero-order valence-corrected chi connectivity index (χ0v) is 20.7. The van der Waals surface area contributed by atoms with Crippen molar-refractivity contribution in [3.8, 4) is 0 Å². The Hall–Kier alpha value is -1.67. The average Bonchev–Trinajstić information content (AvgIpc) is 3.29. The lowest BCUT2D eigenvalue weighted by atomic mass is 9.62. The van der Waals surface area contributed by atoms with Crippen molar-refractivity contribution in [2.75, 3.05) is 13.7 Å². The highest BCUT2D eigenvalue weighted by atomic mass is 16.5. The first kappa shape index (κ1) is 24.5. The van der Waals surface area contributed by atoms with Crippen molar-refractivity contribution in [1.82, 2.24) is 15.5 Å². The maximum absolute atomic E-state index is 14.0. The number of amides is 3. The lowest BCUT2D eigenvalue weighted by molar-refractivity contribution is -0.151. The number of carbonyl (C=O) groups is 3. The minimum Gasteiger partial charge on any atom is -0.394 e. The zero-order valence-electron chi connectivity index (χ0n) is 20.7. The third-order valence-electron chi connectivity index (χ3n) is 8.83. The Morgan fingerprint density at radius 1 is 1.21 bits per heavy atom. The van der Waals surface area contributed by atoms with Crippen LogP contribution in [0.25, 0.3) is 0 Å². The first-order chi connectivity index (χ1) is 15.6. The van der Waals surface area contributed by atoms with Gasteiger partial charge in [0.2, 0.25) is 17.7 Å². The minimum absolute atomic E-state index is 0.0199. The lowest BCUT2D eigenvalue weighted by Crippen LogP contribution is -2.59. The van der Waals surface area contributed by atoms with Crippen LogP contribution >= 0.6 is 0 Å². The fraction of sp³-hybridized carbons (Fsp3) is 0.880. The van der Waals surface area contributed by atoms with Crippen molar-refractivity contribution in [2.24, 2.45) is 23.7 Å². The number of nitrogens with one attached hydrogen (secondary N) is 2. The molecule has 1 spiro atoms. The highest BCUT2D eigenvalue weighted by Gasteiger charge is 2.80. The molecular weight excluding hydrogens is 422 g/mol. The van der Waals surface area contributed by atoms with Crippen LogP contribution in [-0.2, 0) is 19.1 Å². The van der Waals surface area contributed by atoms with Crippen molar-refractivity contribution in [1.29, 1.82) is 0 Å². The van der Waals surface area contributed by atoms with Crippen molar-refractivity contribution in [3.63, 3.8) is 0 Å². The Bertz CT molecular complexity index is 797. The minimum atomic E-state index is -1.05. The summed E-state index contributed by atoms with van der Waals surface area (Å²) in [5.41, 5.74) is -1.85. The molecule has 8 nitrogen and oxygen atoms in total. The number of nitrogens with zero attached hydrogens (tertiary/aromatic N) is 1. The molecule has 8 heteroatoms. The van der Waals surface area contributed by atoms with Crippen molar-refractivity contribution in [3.05, 3.63) is 0 Å². The normalized spacial score (nSPS) is 39.1. The van der Waals surface area contributed by atoms with Crippen LogP contribution < -0.4 is 10.6 Å². The highest BCUT2D eigenvalue weighted by Crippen LogP contribution is 2.65. The molecule has 3 unspecified atom stereocenters.